The van der Waals surface area contributed by atoms with Crippen molar-refractivity contribution in [2.24, 2.45) is 10.7 Å². The van der Waals surface area contributed by atoms with E-state index in [1.54, 1.807) is 0 Å². The molecule has 4 radical (unpaired) electrons. The fourth-order valence-corrected chi connectivity index (χ4v) is 3.49. The molecule has 3 rings (SSSR count). The van der Waals surface area contributed by atoms with E-state index in [0.29, 0.717) is 10.9 Å². The Kier molecular flexibility index (Phi) is 8.99. The highest BCUT2D eigenvalue weighted by Crippen LogP contribution is 2.34. The van der Waals surface area contributed by atoms with Crippen molar-refractivity contribution in [3.8, 4) is 11.5 Å². The van der Waals surface area contributed by atoms with E-state index in [4.69, 9.17) is 26.2 Å². The molecule has 0 aliphatic rings. The van der Waals surface area contributed by atoms with Crippen LogP contribution in [0.4, 0.5) is 8.78 Å². The fraction of sp³-hybridized carbons (Fsp3) is 0.259. The first kappa shape index (κ1) is 30.3. The highest BCUT2D eigenvalue weighted by molar-refractivity contribution is 6.39. The lowest BCUT2D eigenvalue weighted by Gasteiger charge is -2.20. The minimum absolute atomic E-state index is 0.0525. The molecular formula is C27H27B2F2N5O4. The average molecular weight is 545 g/mol. The molecule has 0 atom stereocenters. The Morgan fingerprint density at radius 1 is 1.18 bits per heavy atom. The standard InChI is InChI=1S/C27H27B2F2N5O4/c1-14-22(11-19(30)17(24(14)31)10-23(37)35-16(12-32)13-34-26(2,3)4)40-21-7-8-33-20-6-5-15(9-18(20)21)25(38)36-27(28,29)39/h5-9,11-13,39H,10,32H2,1-4H3,(H,35,37)(H,36,38)/b16-12+,34-13?. The van der Waals surface area contributed by atoms with Crippen LogP contribution in [0.25, 0.3) is 10.9 Å². The van der Waals surface area contributed by atoms with Crippen LogP contribution in [0.3, 0.4) is 0 Å². The Labute approximate surface area is 232 Å². The van der Waals surface area contributed by atoms with Gasteiger partial charge >= 0.3 is 0 Å². The number of nitrogens with one attached hydrogen (secondary N) is 2. The van der Waals surface area contributed by atoms with E-state index in [1.165, 1.54) is 43.6 Å². The first-order valence-corrected chi connectivity index (χ1v) is 12.0. The maximum absolute atomic E-state index is 15.3. The Bertz CT molecular complexity index is 1520. The monoisotopic (exact) mass is 545 g/mol. The van der Waals surface area contributed by atoms with Crippen molar-refractivity contribution in [3.63, 3.8) is 0 Å². The number of nitrogens with zero attached hydrogens (tertiary/aromatic N) is 2. The number of aromatic nitrogens is 1. The number of ether oxygens (including phenoxy) is 1. The van der Waals surface area contributed by atoms with Crippen molar-refractivity contribution < 1.29 is 28.2 Å². The molecule has 13 heteroatoms. The van der Waals surface area contributed by atoms with Crippen LogP contribution in [0, 0.1) is 18.6 Å². The normalized spacial score (nSPS) is 12.5. The summed E-state index contributed by atoms with van der Waals surface area (Å²) in [5.74, 6) is -3.46. The topological polar surface area (TPSA) is 139 Å². The molecule has 0 aliphatic heterocycles. The number of rotatable bonds is 8. The summed E-state index contributed by atoms with van der Waals surface area (Å²) < 4.78 is 36.1. The second kappa shape index (κ2) is 11.9. The highest BCUT2D eigenvalue weighted by atomic mass is 19.1. The van der Waals surface area contributed by atoms with Crippen LogP contribution in [0.2, 0.25) is 0 Å². The van der Waals surface area contributed by atoms with Gasteiger partial charge in [0.15, 0.2) is 0 Å². The van der Waals surface area contributed by atoms with Gasteiger partial charge < -0.3 is 26.2 Å². The third kappa shape index (κ3) is 7.89. The van der Waals surface area contributed by atoms with Gasteiger partial charge in [0, 0.05) is 52.3 Å². The van der Waals surface area contributed by atoms with Crippen molar-refractivity contribution in [2.45, 2.75) is 45.2 Å². The van der Waals surface area contributed by atoms with E-state index in [1.807, 2.05) is 26.1 Å². The average Bonchev–Trinajstić information content (AvgIpc) is 2.85. The van der Waals surface area contributed by atoms with Gasteiger partial charge in [-0.1, -0.05) is 0 Å². The van der Waals surface area contributed by atoms with Crippen molar-refractivity contribution in [2.75, 3.05) is 0 Å². The summed E-state index contributed by atoms with van der Waals surface area (Å²) >= 11 is 0. The van der Waals surface area contributed by atoms with Crippen molar-refractivity contribution in [1.29, 1.82) is 0 Å². The minimum atomic E-state index is -2.44. The molecule has 3 aromatic rings. The quantitative estimate of drug-likeness (QED) is 0.195. The third-order valence-electron chi connectivity index (χ3n) is 5.40. The number of halogens is 2. The van der Waals surface area contributed by atoms with Crippen LogP contribution < -0.4 is 21.1 Å². The number of pyridine rings is 1. The number of hydrogen-bond donors (Lipinski definition) is 4. The number of hydrogen-bond acceptors (Lipinski definition) is 7. The largest absolute Gasteiger partial charge is 0.456 e. The molecule has 0 bridgehead atoms. The number of fused-ring (bicyclic) bond motifs is 1. The molecule has 2 amide bonds. The van der Waals surface area contributed by atoms with Gasteiger partial charge in [0.05, 0.1) is 23.2 Å². The Morgan fingerprint density at radius 3 is 2.50 bits per heavy atom. The van der Waals surface area contributed by atoms with Gasteiger partial charge in [-0.2, -0.15) is 0 Å². The molecule has 0 fully saturated rings. The zero-order valence-corrected chi connectivity index (χ0v) is 22.4. The summed E-state index contributed by atoms with van der Waals surface area (Å²) in [5, 5.41) is 14.3. The van der Waals surface area contributed by atoms with Gasteiger partial charge in [-0.05, 0) is 52.0 Å². The smallest absolute Gasteiger partial charge is 0.252 e. The summed E-state index contributed by atoms with van der Waals surface area (Å²) in [5.41, 5.74) is 2.82. The second-order valence-corrected chi connectivity index (χ2v) is 9.97. The number of benzene rings is 2. The predicted molar refractivity (Wildman–Crippen MR) is 149 cm³/mol. The number of carbonyl (C=O) groups is 2. The van der Waals surface area contributed by atoms with E-state index in [2.05, 4.69) is 15.3 Å². The molecule has 9 nitrogen and oxygen atoms in total. The summed E-state index contributed by atoms with van der Waals surface area (Å²) in [6.07, 6.45) is 3.31. The van der Waals surface area contributed by atoms with E-state index in [-0.39, 0.29) is 28.3 Å². The molecule has 0 unspecified atom stereocenters. The summed E-state index contributed by atoms with van der Waals surface area (Å²) in [6, 6.07) is 6.74. The Morgan fingerprint density at radius 2 is 1.88 bits per heavy atom. The summed E-state index contributed by atoms with van der Waals surface area (Å²) in [7, 11) is 10.4. The van der Waals surface area contributed by atoms with Crippen LogP contribution in [0.1, 0.15) is 42.3 Å². The molecule has 204 valence electrons. The molecule has 0 saturated heterocycles. The van der Waals surface area contributed by atoms with Gasteiger partial charge in [0.25, 0.3) is 5.91 Å². The lowest BCUT2D eigenvalue weighted by atomic mass is 9.73. The lowest BCUT2D eigenvalue weighted by Crippen LogP contribution is -2.49. The van der Waals surface area contributed by atoms with E-state index in [0.717, 1.165) is 12.3 Å². The van der Waals surface area contributed by atoms with Gasteiger partial charge in [-0.15, -0.1) is 0 Å². The molecule has 40 heavy (non-hydrogen) atoms. The van der Waals surface area contributed by atoms with Gasteiger partial charge in [0.1, 0.15) is 38.8 Å². The predicted octanol–water partition coefficient (Wildman–Crippen LogP) is 2.61. The van der Waals surface area contributed by atoms with E-state index < -0.39 is 46.5 Å². The van der Waals surface area contributed by atoms with Crippen LogP contribution in [-0.2, 0) is 11.2 Å². The third-order valence-corrected chi connectivity index (χ3v) is 5.40. The number of carbonyl (C=O) groups excluding carboxylic acids is 2. The summed E-state index contributed by atoms with van der Waals surface area (Å²) in [6.45, 7) is 6.93. The molecule has 0 saturated carbocycles. The van der Waals surface area contributed by atoms with Crippen LogP contribution >= 0.6 is 0 Å². The first-order valence-electron chi connectivity index (χ1n) is 12.0. The number of amides is 2. The van der Waals surface area contributed by atoms with Crippen LogP contribution in [0.5, 0.6) is 11.5 Å². The SMILES string of the molecule is [B]C([B])(O)NC(=O)c1ccc2nccc(Oc3cc(F)c(CC(=O)N/C(C=NC(C)(C)C)=C/N)c(F)c3C)c2c1. The molecular weight excluding hydrogens is 518 g/mol. The Balaban J connectivity index is 1.88. The van der Waals surface area contributed by atoms with Gasteiger partial charge in [0.2, 0.25) is 5.91 Å². The maximum atomic E-state index is 15.3. The van der Waals surface area contributed by atoms with Gasteiger partial charge in [-0.3, -0.25) is 19.6 Å². The fourth-order valence-electron chi connectivity index (χ4n) is 3.49. The lowest BCUT2D eigenvalue weighted by molar-refractivity contribution is -0.119. The van der Waals surface area contributed by atoms with Crippen molar-refractivity contribution in [1.82, 2.24) is 15.6 Å². The molecule has 1 heterocycles. The number of allylic oxidation sites excluding steroid dienone is 1. The van der Waals surface area contributed by atoms with Crippen LogP contribution in [-0.4, -0.2) is 54.9 Å². The Hall–Kier alpha value is -4.25. The highest BCUT2D eigenvalue weighted by Gasteiger charge is 2.22. The molecule has 0 aliphatic carbocycles. The summed E-state index contributed by atoms with van der Waals surface area (Å²) in [4.78, 5) is 33.3. The second-order valence-electron chi connectivity index (χ2n) is 9.97. The van der Waals surface area contributed by atoms with Crippen molar-refractivity contribution in [3.05, 3.63) is 76.8 Å². The number of aliphatic imine (C=N–C) groups is 1. The van der Waals surface area contributed by atoms with E-state index in [9.17, 15) is 14.7 Å². The van der Waals surface area contributed by atoms with Crippen molar-refractivity contribution >= 4 is 44.6 Å². The minimum Gasteiger partial charge on any atom is -0.456 e. The maximum Gasteiger partial charge on any atom is 0.252 e. The number of aliphatic hydroxyl groups is 1. The molecule has 5 N–H and O–H groups in total. The molecule has 1 aromatic heterocycles. The van der Waals surface area contributed by atoms with E-state index >= 15 is 8.78 Å². The zero-order valence-electron chi connectivity index (χ0n) is 22.4. The first-order chi connectivity index (χ1) is 18.6. The van der Waals surface area contributed by atoms with Gasteiger partial charge in [-0.25, -0.2) is 8.78 Å². The number of nitrogens with two attached hydrogens (primary N) is 1. The molecule has 2 aromatic carbocycles. The zero-order chi connectivity index (χ0) is 29.8. The molecule has 0 spiro atoms. The van der Waals surface area contributed by atoms with Crippen LogP contribution in [0.15, 0.2) is 53.4 Å².